The molecule has 1 aromatic rings. The molecule has 1 saturated heterocycles. The van der Waals surface area contributed by atoms with Gasteiger partial charge in [0, 0.05) is 46.9 Å². The molecule has 0 radical (unpaired) electrons. The molecular weight excluding hydrogens is 300 g/mol. The van der Waals surface area contributed by atoms with Crippen LogP contribution < -0.4 is 21.5 Å². The first-order valence-electron chi connectivity index (χ1n) is 7.74. The lowest BCUT2D eigenvalue weighted by molar-refractivity contribution is -0.125. The van der Waals surface area contributed by atoms with Gasteiger partial charge in [-0.3, -0.25) is 18.7 Å². The summed E-state index contributed by atoms with van der Waals surface area (Å²) in [6, 6.07) is 1.45. The Morgan fingerprint density at radius 2 is 2.09 bits per heavy atom. The van der Waals surface area contributed by atoms with Crippen LogP contribution in [0.2, 0.25) is 0 Å². The Morgan fingerprint density at radius 3 is 2.78 bits per heavy atom. The van der Waals surface area contributed by atoms with Crippen LogP contribution in [0.3, 0.4) is 0 Å². The van der Waals surface area contributed by atoms with Gasteiger partial charge < -0.3 is 15.0 Å². The minimum absolute atomic E-state index is 0.0133. The maximum atomic E-state index is 12.2. The van der Waals surface area contributed by atoms with Crippen LogP contribution in [0.15, 0.2) is 15.7 Å². The smallest absolute Gasteiger partial charge is 0.332 e. The molecule has 0 aliphatic carbocycles. The SMILES string of the molecule is COCCNC(=O)C1CCCN(c2cc(=O)n(C)c(=O)n2C)C1. The van der Waals surface area contributed by atoms with Crippen LogP contribution in [0, 0.1) is 5.92 Å². The summed E-state index contributed by atoms with van der Waals surface area (Å²) >= 11 is 0. The number of amides is 1. The third kappa shape index (κ3) is 3.82. The highest BCUT2D eigenvalue weighted by Crippen LogP contribution is 2.21. The average Bonchev–Trinajstić information content (AvgIpc) is 2.56. The fraction of sp³-hybridized carbons (Fsp3) is 0.667. The maximum Gasteiger partial charge on any atom is 0.332 e. The number of piperidine rings is 1. The van der Waals surface area contributed by atoms with Gasteiger partial charge in [0.15, 0.2) is 0 Å². The number of nitrogens with one attached hydrogen (secondary N) is 1. The van der Waals surface area contributed by atoms with E-state index in [1.165, 1.54) is 17.7 Å². The van der Waals surface area contributed by atoms with Gasteiger partial charge in [0.2, 0.25) is 5.91 Å². The summed E-state index contributed by atoms with van der Waals surface area (Å²) in [6.45, 7) is 2.18. The summed E-state index contributed by atoms with van der Waals surface area (Å²) in [7, 11) is 4.68. The Bertz CT molecular complexity index is 679. The fourth-order valence-electron chi connectivity index (χ4n) is 2.84. The van der Waals surface area contributed by atoms with E-state index < -0.39 is 0 Å². The molecule has 1 aliphatic rings. The van der Waals surface area contributed by atoms with Crippen molar-refractivity contribution >= 4 is 11.7 Å². The minimum Gasteiger partial charge on any atom is -0.383 e. The standard InChI is InChI=1S/C15H24N4O4/c1-17-12(9-13(20)18(2)15(17)22)19-7-4-5-11(10-19)14(21)16-6-8-23-3/h9,11H,4-8,10H2,1-3H3,(H,16,21). The number of anilines is 1. The van der Waals surface area contributed by atoms with Gasteiger partial charge in [-0.1, -0.05) is 0 Å². The highest BCUT2D eigenvalue weighted by Gasteiger charge is 2.27. The summed E-state index contributed by atoms with van der Waals surface area (Å²) in [6.07, 6.45) is 1.64. The number of rotatable bonds is 5. The number of aromatic nitrogens is 2. The molecular formula is C15H24N4O4. The first kappa shape index (κ1) is 17.3. The van der Waals surface area contributed by atoms with Gasteiger partial charge in [0.05, 0.1) is 12.5 Å². The molecule has 0 spiro atoms. The summed E-state index contributed by atoms with van der Waals surface area (Å²) in [5, 5.41) is 2.85. The molecule has 23 heavy (non-hydrogen) atoms. The topological polar surface area (TPSA) is 85.6 Å². The van der Waals surface area contributed by atoms with Crippen molar-refractivity contribution in [2.24, 2.45) is 20.0 Å². The van der Waals surface area contributed by atoms with Crippen molar-refractivity contribution < 1.29 is 9.53 Å². The van der Waals surface area contributed by atoms with E-state index in [0.717, 1.165) is 24.0 Å². The second-order valence-electron chi connectivity index (χ2n) is 5.81. The van der Waals surface area contributed by atoms with Crippen molar-refractivity contribution in [3.05, 3.63) is 26.9 Å². The van der Waals surface area contributed by atoms with Crippen LogP contribution in [-0.4, -0.2) is 48.4 Å². The summed E-state index contributed by atoms with van der Waals surface area (Å²) in [5.41, 5.74) is -0.700. The molecule has 1 amide bonds. The van der Waals surface area contributed by atoms with Gasteiger partial charge in [-0.2, -0.15) is 0 Å². The van der Waals surface area contributed by atoms with Gasteiger partial charge >= 0.3 is 5.69 Å². The van der Waals surface area contributed by atoms with E-state index in [9.17, 15) is 14.4 Å². The first-order chi connectivity index (χ1) is 11.0. The number of methoxy groups -OCH3 is 1. The Morgan fingerprint density at radius 1 is 1.35 bits per heavy atom. The van der Waals surface area contributed by atoms with Gasteiger partial charge in [0.25, 0.3) is 5.56 Å². The van der Waals surface area contributed by atoms with E-state index in [-0.39, 0.29) is 23.1 Å². The van der Waals surface area contributed by atoms with Crippen molar-refractivity contribution in [2.75, 3.05) is 38.3 Å². The molecule has 1 N–H and O–H groups in total. The first-order valence-corrected chi connectivity index (χ1v) is 7.74. The van der Waals surface area contributed by atoms with E-state index in [1.807, 2.05) is 4.90 Å². The lowest BCUT2D eigenvalue weighted by Gasteiger charge is -2.34. The predicted octanol–water partition coefficient (Wildman–Crippen LogP) is -0.937. The number of carbonyl (C=O) groups is 1. The van der Waals surface area contributed by atoms with Crippen molar-refractivity contribution in [3.63, 3.8) is 0 Å². The van der Waals surface area contributed by atoms with Gasteiger partial charge in [0.1, 0.15) is 5.82 Å². The lowest BCUT2D eigenvalue weighted by atomic mass is 9.97. The lowest BCUT2D eigenvalue weighted by Crippen LogP contribution is -2.47. The molecule has 1 unspecified atom stereocenters. The zero-order chi connectivity index (χ0) is 17.0. The van der Waals surface area contributed by atoms with Crippen LogP contribution in [0.25, 0.3) is 0 Å². The molecule has 1 aliphatic heterocycles. The Hall–Kier alpha value is -2.09. The van der Waals surface area contributed by atoms with Gasteiger partial charge in [-0.25, -0.2) is 4.79 Å². The van der Waals surface area contributed by atoms with Crippen LogP contribution >= 0.6 is 0 Å². The number of ether oxygens (including phenoxy) is 1. The van der Waals surface area contributed by atoms with Crippen LogP contribution in [-0.2, 0) is 23.6 Å². The predicted molar refractivity (Wildman–Crippen MR) is 86.7 cm³/mol. The normalized spacial score (nSPS) is 18.0. The van der Waals surface area contributed by atoms with E-state index in [1.54, 1.807) is 14.2 Å². The molecule has 2 heterocycles. The monoisotopic (exact) mass is 324 g/mol. The van der Waals surface area contributed by atoms with E-state index in [2.05, 4.69) is 5.32 Å². The molecule has 8 heteroatoms. The van der Waals surface area contributed by atoms with Crippen molar-refractivity contribution in [2.45, 2.75) is 12.8 Å². The van der Waals surface area contributed by atoms with E-state index >= 15 is 0 Å². The summed E-state index contributed by atoms with van der Waals surface area (Å²) < 4.78 is 7.45. The molecule has 0 saturated carbocycles. The third-order valence-electron chi connectivity index (χ3n) is 4.22. The Balaban J connectivity index is 2.14. The molecule has 2 rings (SSSR count). The van der Waals surface area contributed by atoms with Crippen LogP contribution in [0.5, 0.6) is 0 Å². The molecule has 0 bridgehead atoms. The number of nitrogens with zero attached hydrogens (tertiary/aromatic N) is 3. The Labute approximate surface area is 134 Å². The van der Waals surface area contributed by atoms with Crippen molar-refractivity contribution in [3.8, 4) is 0 Å². The molecule has 1 fully saturated rings. The molecule has 128 valence electrons. The Kier molecular flexibility index (Phi) is 5.59. The van der Waals surface area contributed by atoms with Gasteiger partial charge in [-0.15, -0.1) is 0 Å². The van der Waals surface area contributed by atoms with E-state index in [4.69, 9.17) is 4.74 Å². The van der Waals surface area contributed by atoms with Crippen LogP contribution in [0.1, 0.15) is 12.8 Å². The summed E-state index contributed by atoms with van der Waals surface area (Å²) in [5.74, 6) is 0.396. The second-order valence-corrected chi connectivity index (χ2v) is 5.81. The number of carbonyl (C=O) groups excluding carboxylic acids is 1. The second kappa shape index (κ2) is 7.45. The maximum absolute atomic E-state index is 12.2. The quantitative estimate of drug-likeness (QED) is 0.707. The average molecular weight is 324 g/mol. The van der Waals surface area contributed by atoms with Crippen LogP contribution in [0.4, 0.5) is 5.82 Å². The molecule has 1 atom stereocenters. The zero-order valence-electron chi connectivity index (χ0n) is 13.9. The minimum atomic E-state index is -0.362. The summed E-state index contributed by atoms with van der Waals surface area (Å²) in [4.78, 5) is 38.1. The number of hydrogen-bond donors (Lipinski definition) is 1. The molecule has 1 aromatic heterocycles. The van der Waals surface area contributed by atoms with Crippen molar-refractivity contribution in [1.29, 1.82) is 0 Å². The molecule has 0 aromatic carbocycles. The largest absolute Gasteiger partial charge is 0.383 e. The van der Waals surface area contributed by atoms with Crippen molar-refractivity contribution in [1.82, 2.24) is 14.5 Å². The van der Waals surface area contributed by atoms with Gasteiger partial charge in [-0.05, 0) is 12.8 Å². The zero-order valence-corrected chi connectivity index (χ0v) is 13.9. The van der Waals surface area contributed by atoms with E-state index in [0.29, 0.717) is 25.5 Å². The molecule has 8 nitrogen and oxygen atoms in total. The third-order valence-corrected chi connectivity index (χ3v) is 4.22. The highest BCUT2D eigenvalue weighted by atomic mass is 16.5. The fourth-order valence-corrected chi connectivity index (χ4v) is 2.84. The number of hydrogen-bond acceptors (Lipinski definition) is 5. The highest BCUT2D eigenvalue weighted by molar-refractivity contribution is 5.79.